The highest BCUT2D eigenvalue weighted by molar-refractivity contribution is 7.11. The van der Waals surface area contributed by atoms with E-state index in [9.17, 15) is 9.90 Å². The SMILES string of the molecule is Cc1nc(CN2C[C@@H]3COCC[C@]3(C(=O)O)C2)sc1C. The quantitative estimate of drug-likeness (QED) is 0.919. The van der Waals surface area contributed by atoms with E-state index in [1.807, 2.05) is 6.92 Å². The fourth-order valence-electron chi connectivity index (χ4n) is 3.32. The van der Waals surface area contributed by atoms with E-state index in [4.69, 9.17) is 4.74 Å². The molecule has 1 aromatic heterocycles. The molecule has 2 aliphatic heterocycles. The standard InChI is InChI=1S/C14H20N2O3S/c1-9-10(2)20-12(15-9)6-16-5-11-7-19-4-3-14(11,8-16)13(17)18/h11H,3-8H2,1-2H3,(H,17,18)/t11-,14+/m1/s1. The van der Waals surface area contributed by atoms with Gasteiger partial charge in [0, 0.05) is 30.5 Å². The zero-order valence-electron chi connectivity index (χ0n) is 11.9. The molecule has 0 amide bonds. The highest BCUT2D eigenvalue weighted by Crippen LogP contribution is 2.43. The largest absolute Gasteiger partial charge is 0.481 e. The second-order valence-electron chi connectivity index (χ2n) is 5.90. The summed E-state index contributed by atoms with van der Waals surface area (Å²) < 4.78 is 5.48. The molecule has 2 fully saturated rings. The molecule has 0 bridgehead atoms. The van der Waals surface area contributed by atoms with Crippen molar-refractivity contribution in [3.63, 3.8) is 0 Å². The molecule has 2 aliphatic rings. The maximum absolute atomic E-state index is 11.7. The maximum Gasteiger partial charge on any atom is 0.311 e. The Morgan fingerprint density at radius 3 is 3.00 bits per heavy atom. The van der Waals surface area contributed by atoms with Crippen LogP contribution in [0.1, 0.15) is 22.0 Å². The lowest BCUT2D eigenvalue weighted by molar-refractivity contribution is -0.157. The smallest absolute Gasteiger partial charge is 0.311 e. The van der Waals surface area contributed by atoms with Gasteiger partial charge in [-0.25, -0.2) is 4.98 Å². The number of aromatic nitrogens is 1. The minimum absolute atomic E-state index is 0.107. The van der Waals surface area contributed by atoms with Gasteiger partial charge in [-0.15, -0.1) is 11.3 Å². The number of fused-ring (bicyclic) bond motifs is 1. The number of nitrogens with zero attached hydrogens (tertiary/aromatic N) is 2. The Hall–Kier alpha value is -0.980. The fourth-order valence-corrected chi connectivity index (χ4v) is 4.30. The minimum Gasteiger partial charge on any atom is -0.481 e. The molecule has 3 heterocycles. The van der Waals surface area contributed by atoms with Crippen LogP contribution in [0.3, 0.4) is 0 Å². The Kier molecular flexibility index (Phi) is 3.56. The monoisotopic (exact) mass is 296 g/mol. The number of likely N-dealkylation sites (tertiary alicyclic amines) is 1. The predicted octanol–water partition coefficient (Wildman–Crippen LogP) is 1.68. The van der Waals surface area contributed by atoms with Crippen molar-refractivity contribution in [3.05, 3.63) is 15.6 Å². The van der Waals surface area contributed by atoms with Crippen molar-refractivity contribution in [1.29, 1.82) is 0 Å². The molecule has 20 heavy (non-hydrogen) atoms. The van der Waals surface area contributed by atoms with E-state index in [-0.39, 0.29) is 5.92 Å². The van der Waals surface area contributed by atoms with Crippen LogP contribution in [0.25, 0.3) is 0 Å². The number of carboxylic acid groups (broad SMARTS) is 1. The molecule has 2 atom stereocenters. The average Bonchev–Trinajstić information content (AvgIpc) is 2.91. The van der Waals surface area contributed by atoms with Crippen LogP contribution in [-0.2, 0) is 16.1 Å². The van der Waals surface area contributed by atoms with Crippen LogP contribution < -0.4 is 0 Å². The summed E-state index contributed by atoms with van der Waals surface area (Å²) in [5, 5.41) is 10.7. The van der Waals surface area contributed by atoms with Crippen molar-refractivity contribution < 1.29 is 14.6 Å². The first-order valence-electron chi connectivity index (χ1n) is 6.98. The first-order chi connectivity index (χ1) is 9.51. The van der Waals surface area contributed by atoms with Crippen LogP contribution in [0.5, 0.6) is 0 Å². The molecule has 5 nitrogen and oxygen atoms in total. The summed E-state index contributed by atoms with van der Waals surface area (Å²) in [6.07, 6.45) is 0.624. The normalized spacial score (nSPS) is 30.4. The second-order valence-corrected chi connectivity index (χ2v) is 7.19. The Bertz CT molecular complexity index is 511. The molecule has 0 aliphatic carbocycles. The Morgan fingerprint density at radius 1 is 1.60 bits per heavy atom. The molecule has 6 heteroatoms. The van der Waals surface area contributed by atoms with Gasteiger partial charge in [-0.3, -0.25) is 9.69 Å². The lowest BCUT2D eigenvalue weighted by atomic mass is 9.74. The number of thiazole rings is 1. The van der Waals surface area contributed by atoms with Crippen LogP contribution in [0.4, 0.5) is 0 Å². The molecular formula is C14H20N2O3S. The highest BCUT2D eigenvalue weighted by Gasteiger charge is 2.53. The molecule has 110 valence electrons. The van der Waals surface area contributed by atoms with Gasteiger partial charge in [-0.05, 0) is 20.3 Å². The summed E-state index contributed by atoms with van der Waals surface area (Å²) >= 11 is 1.71. The van der Waals surface area contributed by atoms with E-state index in [1.165, 1.54) is 4.88 Å². The van der Waals surface area contributed by atoms with Crippen molar-refractivity contribution in [2.75, 3.05) is 26.3 Å². The Balaban J connectivity index is 1.75. The van der Waals surface area contributed by atoms with Crippen LogP contribution in [0.15, 0.2) is 0 Å². The van der Waals surface area contributed by atoms with Gasteiger partial charge < -0.3 is 9.84 Å². The van der Waals surface area contributed by atoms with Gasteiger partial charge in [0.05, 0.1) is 24.3 Å². The van der Waals surface area contributed by atoms with Crippen molar-refractivity contribution in [2.45, 2.75) is 26.8 Å². The molecule has 0 aromatic carbocycles. The van der Waals surface area contributed by atoms with Crippen LogP contribution >= 0.6 is 11.3 Å². The fraction of sp³-hybridized carbons (Fsp3) is 0.714. The number of rotatable bonds is 3. The van der Waals surface area contributed by atoms with E-state index in [0.717, 1.165) is 23.8 Å². The molecule has 0 radical (unpaired) electrons. The Morgan fingerprint density at radius 2 is 2.40 bits per heavy atom. The van der Waals surface area contributed by atoms with Gasteiger partial charge in [0.2, 0.25) is 0 Å². The predicted molar refractivity (Wildman–Crippen MR) is 75.9 cm³/mol. The molecule has 0 saturated carbocycles. The molecule has 2 saturated heterocycles. The van der Waals surface area contributed by atoms with Crippen molar-refractivity contribution in [3.8, 4) is 0 Å². The summed E-state index contributed by atoms with van der Waals surface area (Å²) in [5.41, 5.74) is 0.470. The van der Waals surface area contributed by atoms with Crippen molar-refractivity contribution in [1.82, 2.24) is 9.88 Å². The van der Waals surface area contributed by atoms with E-state index in [1.54, 1.807) is 11.3 Å². The number of hydrogen-bond acceptors (Lipinski definition) is 5. The summed E-state index contributed by atoms with van der Waals surface area (Å²) in [6.45, 7) is 7.40. The number of ether oxygens (including phenoxy) is 1. The van der Waals surface area contributed by atoms with Gasteiger partial charge in [-0.1, -0.05) is 0 Å². The van der Waals surface area contributed by atoms with Gasteiger partial charge >= 0.3 is 5.97 Å². The van der Waals surface area contributed by atoms with Crippen molar-refractivity contribution >= 4 is 17.3 Å². The van der Waals surface area contributed by atoms with Gasteiger partial charge in [0.15, 0.2) is 0 Å². The third-order valence-electron chi connectivity index (χ3n) is 4.63. The van der Waals surface area contributed by atoms with E-state index in [2.05, 4.69) is 16.8 Å². The maximum atomic E-state index is 11.7. The summed E-state index contributed by atoms with van der Waals surface area (Å²) in [7, 11) is 0. The van der Waals surface area contributed by atoms with Crippen LogP contribution in [0.2, 0.25) is 0 Å². The summed E-state index contributed by atoms with van der Waals surface area (Å²) in [5.74, 6) is -0.560. The molecule has 0 unspecified atom stereocenters. The third-order valence-corrected chi connectivity index (χ3v) is 5.69. The number of hydrogen-bond donors (Lipinski definition) is 1. The van der Waals surface area contributed by atoms with Gasteiger partial charge in [-0.2, -0.15) is 0 Å². The lowest BCUT2D eigenvalue weighted by Crippen LogP contribution is -2.44. The topological polar surface area (TPSA) is 62.7 Å². The highest BCUT2D eigenvalue weighted by atomic mass is 32.1. The average molecular weight is 296 g/mol. The Labute approximate surface area is 122 Å². The number of aliphatic carboxylic acids is 1. The van der Waals surface area contributed by atoms with E-state index in [0.29, 0.717) is 26.2 Å². The second kappa shape index (κ2) is 5.09. The van der Waals surface area contributed by atoms with Crippen LogP contribution in [-0.4, -0.2) is 47.3 Å². The molecular weight excluding hydrogens is 276 g/mol. The number of carboxylic acids is 1. The zero-order chi connectivity index (χ0) is 14.3. The molecule has 3 rings (SSSR count). The van der Waals surface area contributed by atoms with Gasteiger partial charge in [0.25, 0.3) is 0 Å². The van der Waals surface area contributed by atoms with Crippen LogP contribution in [0, 0.1) is 25.2 Å². The number of carbonyl (C=O) groups is 1. The van der Waals surface area contributed by atoms with Gasteiger partial charge in [0.1, 0.15) is 5.01 Å². The first-order valence-corrected chi connectivity index (χ1v) is 7.79. The third kappa shape index (κ3) is 2.25. The number of aryl methyl sites for hydroxylation is 2. The minimum atomic E-state index is -0.667. The summed E-state index contributed by atoms with van der Waals surface area (Å²) in [6, 6.07) is 0. The molecule has 1 N–H and O–H groups in total. The van der Waals surface area contributed by atoms with Crippen molar-refractivity contribution in [2.24, 2.45) is 11.3 Å². The molecule has 0 spiro atoms. The zero-order valence-corrected chi connectivity index (χ0v) is 12.7. The first kappa shape index (κ1) is 14.0. The van der Waals surface area contributed by atoms with E-state index < -0.39 is 11.4 Å². The molecule has 1 aromatic rings. The lowest BCUT2D eigenvalue weighted by Gasteiger charge is -2.34. The summed E-state index contributed by atoms with van der Waals surface area (Å²) in [4.78, 5) is 19.7. The van der Waals surface area contributed by atoms with E-state index >= 15 is 0 Å².